The minimum absolute atomic E-state index is 0.117. The van der Waals surface area contributed by atoms with Crippen molar-refractivity contribution in [3.05, 3.63) is 45.2 Å². The van der Waals surface area contributed by atoms with Crippen molar-refractivity contribution in [1.82, 2.24) is 14.3 Å². The Balaban J connectivity index is 1.62. The summed E-state index contributed by atoms with van der Waals surface area (Å²) < 4.78 is 2.07. The first-order chi connectivity index (χ1) is 17.4. The molecule has 0 bridgehead atoms. The van der Waals surface area contributed by atoms with Gasteiger partial charge in [0.25, 0.3) is 11.5 Å². The Morgan fingerprint density at radius 2 is 1.69 bits per heavy atom. The molecule has 3 heterocycles. The number of rotatable bonds is 15. The molecule has 0 radical (unpaired) electrons. The van der Waals surface area contributed by atoms with Crippen LogP contribution in [0.25, 0.3) is 11.7 Å². The van der Waals surface area contributed by atoms with Crippen molar-refractivity contribution in [1.29, 1.82) is 0 Å². The number of hydrogen-bond donors (Lipinski definition) is 1. The van der Waals surface area contributed by atoms with Gasteiger partial charge in [0.05, 0.1) is 10.5 Å². The van der Waals surface area contributed by atoms with E-state index in [-0.39, 0.29) is 11.5 Å². The van der Waals surface area contributed by atoms with Crippen molar-refractivity contribution < 1.29 is 4.79 Å². The molecule has 1 N–H and O–H groups in total. The van der Waals surface area contributed by atoms with Crippen LogP contribution in [0.5, 0.6) is 0 Å². The molecule has 3 rings (SSSR count). The molecule has 0 aliphatic carbocycles. The van der Waals surface area contributed by atoms with Crippen LogP contribution in [-0.2, 0) is 4.79 Å². The Morgan fingerprint density at radius 3 is 2.36 bits per heavy atom. The van der Waals surface area contributed by atoms with Gasteiger partial charge in [0.2, 0.25) is 0 Å². The fourth-order valence-corrected chi connectivity index (χ4v) is 5.54. The first-order valence-corrected chi connectivity index (χ1v) is 14.7. The summed E-state index contributed by atoms with van der Waals surface area (Å²) >= 11 is 6.79. The average molecular weight is 529 g/mol. The van der Waals surface area contributed by atoms with Gasteiger partial charge >= 0.3 is 0 Å². The van der Waals surface area contributed by atoms with Crippen LogP contribution in [0.2, 0.25) is 0 Å². The third-order valence-electron chi connectivity index (χ3n) is 6.33. The van der Waals surface area contributed by atoms with Crippen LogP contribution < -0.4 is 10.9 Å². The van der Waals surface area contributed by atoms with Crippen molar-refractivity contribution in [2.75, 3.05) is 18.4 Å². The van der Waals surface area contributed by atoms with E-state index in [2.05, 4.69) is 31.1 Å². The lowest BCUT2D eigenvalue weighted by molar-refractivity contribution is -0.122. The lowest BCUT2D eigenvalue weighted by Gasteiger charge is -2.14. The maximum Gasteiger partial charge on any atom is 0.267 e. The molecule has 2 aromatic heterocycles. The number of amides is 1. The number of carbonyl (C=O) groups is 1. The standard InChI is InChI=1S/C28H40N4O2S2/c1-4-5-6-7-8-9-10-11-12-14-18-32-27(34)23(36-28(32)35)19-22-25(29-20-21(2)3)30-24-16-13-15-17-31(24)26(22)33/h13,15-17,19,21,29H,4-12,14,18,20H2,1-3H3/b23-19+. The number of anilines is 1. The largest absolute Gasteiger partial charge is 0.369 e. The Hall–Kier alpha value is -2.19. The zero-order valence-electron chi connectivity index (χ0n) is 21.9. The van der Waals surface area contributed by atoms with Gasteiger partial charge in [-0.15, -0.1) is 0 Å². The van der Waals surface area contributed by atoms with E-state index in [4.69, 9.17) is 12.2 Å². The zero-order chi connectivity index (χ0) is 25.9. The molecular formula is C28H40N4O2S2. The average Bonchev–Trinajstić information content (AvgIpc) is 3.13. The summed E-state index contributed by atoms with van der Waals surface area (Å²) in [5.74, 6) is 0.765. The molecule has 0 atom stereocenters. The van der Waals surface area contributed by atoms with E-state index in [9.17, 15) is 9.59 Å². The van der Waals surface area contributed by atoms with Gasteiger partial charge in [-0.2, -0.15) is 0 Å². The Kier molecular flexibility index (Phi) is 11.5. The molecule has 0 unspecified atom stereocenters. The number of thioether (sulfide) groups is 1. The number of thiocarbonyl (C=S) groups is 1. The van der Waals surface area contributed by atoms with Gasteiger partial charge in [-0.3, -0.25) is 18.9 Å². The van der Waals surface area contributed by atoms with Crippen molar-refractivity contribution in [3.63, 3.8) is 0 Å². The van der Waals surface area contributed by atoms with Gasteiger partial charge < -0.3 is 5.32 Å². The molecule has 0 aromatic carbocycles. The van der Waals surface area contributed by atoms with Gasteiger partial charge in [0, 0.05) is 19.3 Å². The number of nitrogens with zero attached hydrogens (tertiary/aromatic N) is 3. The van der Waals surface area contributed by atoms with Crippen LogP contribution in [0.1, 0.15) is 90.5 Å². The number of aromatic nitrogens is 2. The van der Waals surface area contributed by atoms with E-state index in [1.165, 1.54) is 67.5 Å². The minimum atomic E-state index is -0.202. The third kappa shape index (κ3) is 7.90. The third-order valence-corrected chi connectivity index (χ3v) is 7.71. The summed E-state index contributed by atoms with van der Waals surface area (Å²) in [6.45, 7) is 7.75. The highest BCUT2D eigenvalue weighted by atomic mass is 32.2. The lowest BCUT2D eigenvalue weighted by atomic mass is 10.1. The second-order valence-electron chi connectivity index (χ2n) is 9.90. The van der Waals surface area contributed by atoms with Crippen LogP contribution in [0.3, 0.4) is 0 Å². The SMILES string of the molecule is CCCCCCCCCCCCN1C(=O)/C(=C\c2c(NCC(C)C)nc3ccccn3c2=O)SC1=S. The summed E-state index contributed by atoms with van der Waals surface area (Å²) in [4.78, 5) is 33.3. The number of carbonyl (C=O) groups excluding carboxylic acids is 1. The molecular weight excluding hydrogens is 488 g/mol. The first-order valence-electron chi connectivity index (χ1n) is 13.4. The minimum Gasteiger partial charge on any atom is -0.369 e. The molecule has 1 fully saturated rings. The highest BCUT2D eigenvalue weighted by Crippen LogP contribution is 2.33. The molecule has 1 aliphatic heterocycles. The van der Waals surface area contributed by atoms with Gasteiger partial charge in [0.15, 0.2) is 0 Å². The second kappa shape index (κ2) is 14.5. The molecule has 2 aromatic rings. The number of hydrogen-bond acceptors (Lipinski definition) is 6. The lowest BCUT2D eigenvalue weighted by Crippen LogP contribution is -2.29. The van der Waals surface area contributed by atoms with E-state index in [1.807, 2.05) is 6.07 Å². The van der Waals surface area contributed by atoms with Gasteiger partial charge in [-0.05, 0) is 30.5 Å². The van der Waals surface area contributed by atoms with Crippen LogP contribution in [0.4, 0.5) is 5.82 Å². The normalized spacial score (nSPS) is 15.1. The summed E-state index contributed by atoms with van der Waals surface area (Å²) in [6, 6.07) is 5.46. The van der Waals surface area contributed by atoms with Crippen molar-refractivity contribution >= 4 is 51.7 Å². The fourth-order valence-electron chi connectivity index (χ4n) is 4.25. The number of fused-ring (bicyclic) bond motifs is 1. The summed E-state index contributed by atoms with van der Waals surface area (Å²) in [7, 11) is 0. The van der Waals surface area contributed by atoms with Crippen molar-refractivity contribution in [2.45, 2.75) is 85.0 Å². The molecule has 0 saturated carbocycles. The molecule has 1 amide bonds. The predicted octanol–water partition coefficient (Wildman–Crippen LogP) is 6.88. The zero-order valence-corrected chi connectivity index (χ0v) is 23.6. The number of unbranched alkanes of at least 4 members (excludes halogenated alkanes) is 9. The van der Waals surface area contributed by atoms with Crippen LogP contribution in [0, 0.1) is 5.92 Å². The molecule has 196 valence electrons. The smallest absolute Gasteiger partial charge is 0.267 e. The molecule has 0 spiro atoms. The van der Waals surface area contributed by atoms with E-state index in [0.29, 0.717) is 45.3 Å². The van der Waals surface area contributed by atoms with Gasteiger partial charge in [-0.1, -0.05) is 109 Å². The summed E-state index contributed by atoms with van der Waals surface area (Å²) in [5.41, 5.74) is 0.755. The summed E-state index contributed by atoms with van der Waals surface area (Å²) in [5, 5.41) is 3.29. The number of pyridine rings is 1. The van der Waals surface area contributed by atoms with Gasteiger partial charge in [0.1, 0.15) is 15.8 Å². The molecule has 6 nitrogen and oxygen atoms in total. The van der Waals surface area contributed by atoms with Crippen LogP contribution in [-0.4, -0.2) is 37.6 Å². The van der Waals surface area contributed by atoms with Crippen molar-refractivity contribution in [3.8, 4) is 0 Å². The van der Waals surface area contributed by atoms with Crippen molar-refractivity contribution in [2.24, 2.45) is 5.92 Å². The quantitative estimate of drug-likeness (QED) is 0.154. The van der Waals surface area contributed by atoms with Gasteiger partial charge in [-0.25, -0.2) is 4.98 Å². The maximum absolute atomic E-state index is 13.3. The Labute approximate surface area is 224 Å². The Morgan fingerprint density at radius 1 is 1.03 bits per heavy atom. The Bertz CT molecular complexity index is 1130. The molecule has 8 heteroatoms. The monoisotopic (exact) mass is 528 g/mol. The van der Waals surface area contributed by atoms with Crippen LogP contribution >= 0.6 is 24.0 Å². The van der Waals surface area contributed by atoms with Crippen LogP contribution in [0.15, 0.2) is 34.1 Å². The number of nitrogens with one attached hydrogen (secondary N) is 1. The highest BCUT2D eigenvalue weighted by molar-refractivity contribution is 8.26. The van der Waals surface area contributed by atoms with E-state index in [0.717, 1.165) is 12.8 Å². The topological polar surface area (TPSA) is 66.7 Å². The highest BCUT2D eigenvalue weighted by Gasteiger charge is 2.32. The maximum atomic E-state index is 13.3. The molecule has 1 aliphatic rings. The summed E-state index contributed by atoms with van der Waals surface area (Å²) in [6.07, 6.45) is 15.8. The van der Waals surface area contributed by atoms with E-state index < -0.39 is 0 Å². The fraction of sp³-hybridized carbons (Fsp3) is 0.571. The molecule has 1 saturated heterocycles. The predicted molar refractivity (Wildman–Crippen MR) is 157 cm³/mol. The van der Waals surface area contributed by atoms with E-state index >= 15 is 0 Å². The first kappa shape index (κ1) is 28.4. The molecule has 36 heavy (non-hydrogen) atoms. The van der Waals surface area contributed by atoms with E-state index in [1.54, 1.807) is 29.3 Å². The second-order valence-corrected chi connectivity index (χ2v) is 11.6.